The van der Waals surface area contributed by atoms with Crippen molar-refractivity contribution < 1.29 is 29.0 Å². The minimum Gasteiger partial charge on any atom is -0.391 e. The smallest absolute Gasteiger partial charge is 0.246 e. The van der Waals surface area contributed by atoms with E-state index in [0.29, 0.717) is 13.2 Å². The van der Waals surface area contributed by atoms with Crippen LogP contribution in [0.15, 0.2) is 29.8 Å². The summed E-state index contributed by atoms with van der Waals surface area (Å²) in [6.45, 7) is 11.0. The van der Waals surface area contributed by atoms with E-state index in [1.165, 1.54) is 4.90 Å². The van der Waals surface area contributed by atoms with E-state index in [4.69, 9.17) is 9.47 Å². The van der Waals surface area contributed by atoms with E-state index < -0.39 is 35.4 Å². The molecule has 1 aliphatic rings. The molecule has 2 heterocycles. The number of thiazole rings is 1. The van der Waals surface area contributed by atoms with Crippen molar-refractivity contribution in [2.24, 2.45) is 5.41 Å². The number of β-amino-alcohol motifs (C(OH)–C–C–N with tert-alkyl or cyclic N) is 1. The molecule has 0 spiro atoms. The number of carbonyl (C=O) groups excluding carboxylic acids is 3. The molecule has 3 N–H and O–H groups in total. The average molecular weight is 589 g/mol. The summed E-state index contributed by atoms with van der Waals surface area (Å²) in [5.41, 5.74) is 4.14. The standard InChI is InChI=1S/C30H44N4O6S/c1-6-7-12-39-13-14-40-18-25(36)33-27(30(3,4)5)29(38)34-17-23(35)15-24(34)28(37)31-16-21-8-10-22(11-9-21)26-20(2)32-19-41-26/h8-11,19,23-24,27,35H,6-7,12-18H2,1-5H3,(H,31,37)(H,33,36)/t23-,24+,27?/m1/s1. The van der Waals surface area contributed by atoms with E-state index in [0.717, 1.165) is 34.5 Å². The first-order valence-corrected chi connectivity index (χ1v) is 15.1. The lowest BCUT2D eigenvalue weighted by atomic mass is 9.85. The second-order valence-electron chi connectivity index (χ2n) is 11.5. The maximum Gasteiger partial charge on any atom is 0.246 e. The van der Waals surface area contributed by atoms with Gasteiger partial charge in [-0.25, -0.2) is 4.98 Å². The van der Waals surface area contributed by atoms with Crippen LogP contribution in [0.25, 0.3) is 10.4 Å². The normalized spacial score (nSPS) is 17.9. The number of aliphatic hydroxyl groups is 1. The molecular weight excluding hydrogens is 544 g/mol. The highest BCUT2D eigenvalue weighted by atomic mass is 32.1. The van der Waals surface area contributed by atoms with Gasteiger partial charge in [-0.3, -0.25) is 14.4 Å². The summed E-state index contributed by atoms with van der Waals surface area (Å²) >= 11 is 1.58. The Kier molecular flexibility index (Phi) is 12.3. The van der Waals surface area contributed by atoms with E-state index in [-0.39, 0.29) is 38.6 Å². The fourth-order valence-electron chi connectivity index (χ4n) is 4.61. The number of hydrogen-bond acceptors (Lipinski definition) is 8. The molecule has 226 valence electrons. The van der Waals surface area contributed by atoms with Crippen LogP contribution in [0, 0.1) is 12.3 Å². The molecular formula is C30H44N4O6S. The number of nitrogens with one attached hydrogen (secondary N) is 2. The van der Waals surface area contributed by atoms with Gasteiger partial charge in [0.05, 0.1) is 35.4 Å². The van der Waals surface area contributed by atoms with Gasteiger partial charge in [0, 0.05) is 26.1 Å². The summed E-state index contributed by atoms with van der Waals surface area (Å²) in [7, 11) is 0. The lowest BCUT2D eigenvalue weighted by molar-refractivity contribution is -0.144. The van der Waals surface area contributed by atoms with Gasteiger partial charge < -0.3 is 30.1 Å². The van der Waals surface area contributed by atoms with Gasteiger partial charge >= 0.3 is 0 Å². The van der Waals surface area contributed by atoms with Crippen molar-refractivity contribution in [2.75, 3.05) is 33.0 Å². The van der Waals surface area contributed by atoms with E-state index in [1.807, 2.05) is 57.5 Å². The van der Waals surface area contributed by atoms with Crippen molar-refractivity contribution >= 4 is 29.1 Å². The topological polar surface area (TPSA) is 130 Å². The highest BCUT2D eigenvalue weighted by molar-refractivity contribution is 7.13. The van der Waals surface area contributed by atoms with Crippen molar-refractivity contribution in [3.63, 3.8) is 0 Å². The van der Waals surface area contributed by atoms with Gasteiger partial charge in [0.1, 0.15) is 18.7 Å². The number of likely N-dealkylation sites (tertiary alicyclic amines) is 1. The van der Waals surface area contributed by atoms with Crippen molar-refractivity contribution in [2.45, 2.75) is 78.6 Å². The Balaban J connectivity index is 1.57. The van der Waals surface area contributed by atoms with Crippen LogP contribution in [0.3, 0.4) is 0 Å². The zero-order valence-corrected chi connectivity index (χ0v) is 25.6. The van der Waals surface area contributed by atoms with Crippen LogP contribution in [-0.2, 0) is 30.4 Å². The highest BCUT2D eigenvalue weighted by Gasteiger charge is 2.44. The molecule has 1 aromatic carbocycles. The van der Waals surface area contributed by atoms with Crippen LogP contribution in [0.5, 0.6) is 0 Å². The van der Waals surface area contributed by atoms with Crippen molar-refractivity contribution in [1.82, 2.24) is 20.5 Å². The Bertz CT molecular complexity index is 1150. The summed E-state index contributed by atoms with van der Waals surface area (Å²) in [6, 6.07) is 6.16. The van der Waals surface area contributed by atoms with Gasteiger partial charge in [-0.1, -0.05) is 58.4 Å². The van der Waals surface area contributed by atoms with Gasteiger partial charge in [0.2, 0.25) is 17.7 Å². The molecule has 2 aromatic rings. The number of amides is 3. The van der Waals surface area contributed by atoms with Gasteiger partial charge in [0.25, 0.3) is 0 Å². The Labute approximate surface area is 246 Å². The van der Waals surface area contributed by atoms with Crippen LogP contribution in [0.2, 0.25) is 0 Å². The molecule has 1 aliphatic heterocycles. The first kappa shape index (κ1) is 32.7. The average Bonchev–Trinajstić information content (AvgIpc) is 3.54. The summed E-state index contributed by atoms with van der Waals surface area (Å²) in [5.74, 6) is -1.18. The van der Waals surface area contributed by atoms with Crippen LogP contribution in [-0.4, -0.2) is 83.9 Å². The van der Waals surface area contributed by atoms with Crippen LogP contribution in [0.1, 0.15) is 58.2 Å². The van der Waals surface area contributed by atoms with Crippen LogP contribution >= 0.6 is 11.3 Å². The minimum atomic E-state index is -0.900. The molecule has 1 fully saturated rings. The molecule has 1 unspecified atom stereocenters. The third kappa shape index (κ3) is 9.59. The van der Waals surface area contributed by atoms with Crippen molar-refractivity contribution in [3.8, 4) is 10.4 Å². The number of aryl methyl sites for hydroxylation is 1. The molecule has 10 nitrogen and oxygen atoms in total. The third-order valence-corrected chi connectivity index (χ3v) is 7.94. The first-order valence-electron chi connectivity index (χ1n) is 14.2. The predicted molar refractivity (Wildman–Crippen MR) is 158 cm³/mol. The quantitative estimate of drug-likeness (QED) is 0.289. The molecule has 0 aliphatic carbocycles. The molecule has 0 radical (unpaired) electrons. The number of ether oxygens (including phenoxy) is 2. The number of carbonyl (C=O) groups is 3. The zero-order chi connectivity index (χ0) is 30.0. The van der Waals surface area contributed by atoms with Crippen molar-refractivity contribution in [3.05, 3.63) is 41.0 Å². The molecule has 3 atom stereocenters. The Morgan fingerprint density at radius 2 is 1.85 bits per heavy atom. The van der Waals surface area contributed by atoms with Crippen LogP contribution in [0.4, 0.5) is 0 Å². The Hall–Kier alpha value is -2.86. The summed E-state index contributed by atoms with van der Waals surface area (Å²) in [4.78, 5) is 46.3. The number of unbranched alkanes of at least 4 members (excludes halogenated alkanes) is 1. The van der Waals surface area contributed by atoms with E-state index in [2.05, 4.69) is 22.5 Å². The SMILES string of the molecule is CCCCOCCOCC(=O)NC(C(=O)N1C[C@H](O)C[C@H]1C(=O)NCc1ccc(-c2scnc2C)cc1)C(C)(C)C. The Morgan fingerprint density at radius 1 is 1.15 bits per heavy atom. The number of hydrogen-bond donors (Lipinski definition) is 3. The number of benzene rings is 1. The molecule has 0 bridgehead atoms. The van der Waals surface area contributed by atoms with Gasteiger partial charge in [-0.05, 0) is 29.9 Å². The van der Waals surface area contributed by atoms with E-state index in [9.17, 15) is 19.5 Å². The van der Waals surface area contributed by atoms with E-state index in [1.54, 1.807) is 11.3 Å². The van der Waals surface area contributed by atoms with Gasteiger partial charge in [-0.15, -0.1) is 11.3 Å². The molecule has 41 heavy (non-hydrogen) atoms. The maximum atomic E-state index is 13.7. The van der Waals surface area contributed by atoms with Gasteiger partial charge in [-0.2, -0.15) is 0 Å². The van der Waals surface area contributed by atoms with Crippen LogP contribution < -0.4 is 10.6 Å². The lowest BCUT2D eigenvalue weighted by Crippen LogP contribution is -2.58. The lowest BCUT2D eigenvalue weighted by Gasteiger charge is -2.35. The largest absolute Gasteiger partial charge is 0.391 e. The van der Waals surface area contributed by atoms with Crippen molar-refractivity contribution in [1.29, 1.82) is 0 Å². The number of rotatable bonds is 14. The van der Waals surface area contributed by atoms with Gasteiger partial charge in [0.15, 0.2) is 0 Å². The minimum absolute atomic E-state index is 0.0217. The molecule has 3 amide bonds. The monoisotopic (exact) mass is 588 g/mol. The number of nitrogens with zero attached hydrogens (tertiary/aromatic N) is 2. The highest BCUT2D eigenvalue weighted by Crippen LogP contribution is 2.28. The predicted octanol–water partition coefficient (Wildman–Crippen LogP) is 3.06. The molecule has 1 saturated heterocycles. The fraction of sp³-hybridized carbons (Fsp3) is 0.600. The zero-order valence-electron chi connectivity index (χ0n) is 24.8. The number of aromatic nitrogens is 1. The molecule has 0 saturated carbocycles. The second-order valence-corrected chi connectivity index (χ2v) is 12.3. The summed E-state index contributed by atoms with van der Waals surface area (Å²) in [6.07, 6.45) is 1.32. The second kappa shape index (κ2) is 15.4. The maximum absolute atomic E-state index is 13.7. The first-order chi connectivity index (χ1) is 19.5. The number of aliphatic hydroxyl groups excluding tert-OH is 1. The molecule has 1 aromatic heterocycles. The molecule has 11 heteroatoms. The summed E-state index contributed by atoms with van der Waals surface area (Å²) < 4.78 is 10.8. The third-order valence-electron chi connectivity index (χ3n) is 6.96. The van der Waals surface area contributed by atoms with E-state index >= 15 is 0 Å². The molecule has 3 rings (SSSR count). The Morgan fingerprint density at radius 3 is 2.49 bits per heavy atom. The summed E-state index contributed by atoms with van der Waals surface area (Å²) in [5, 5.41) is 16.1. The fourth-order valence-corrected chi connectivity index (χ4v) is 5.43.